The fourth-order valence-corrected chi connectivity index (χ4v) is 9.87. The van der Waals surface area contributed by atoms with Gasteiger partial charge in [0.25, 0.3) is 0 Å². The first-order chi connectivity index (χ1) is 33.2. The lowest BCUT2D eigenvalue weighted by Gasteiger charge is -2.19. The van der Waals surface area contributed by atoms with E-state index in [0.29, 0.717) is 24.9 Å². The number of aryl methyl sites for hydroxylation is 4. The number of hydrogen-bond acceptors (Lipinski definition) is 10. The van der Waals surface area contributed by atoms with E-state index in [4.69, 9.17) is 40.9 Å². The first kappa shape index (κ1) is 48.1. The van der Waals surface area contributed by atoms with Crippen molar-refractivity contribution < 1.29 is 9.47 Å². The van der Waals surface area contributed by atoms with E-state index in [9.17, 15) is 0 Å². The van der Waals surface area contributed by atoms with E-state index in [0.717, 1.165) is 138 Å². The quantitative estimate of drug-likeness (QED) is 0.0451. The second-order valence-electron chi connectivity index (χ2n) is 17.1. The van der Waals surface area contributed by atoms with Gasteiger partial charge in [0.1, 0.15) is 34.8 Å². The van der Waals surface area contributed by atoms with Crippen molar-refractivity contribution in [1.29, 1.82) is 0 Å². The predicted molar refractivity (Wildman–Crippen MR) is 283 cm³/mol. The molecule has 0 bridgehead atoms. The highest BCUT2D eigenvalue weighted by molar-refractivity contribution is 7.14. The number of fused-ring (bicyclic) bond motifs is 2. The fraction of sp³-hybridized carbons (Fsp3) is 0.333. The summed E-state index contributed by atoms with van der Waals surface area (Å²) in [6.07, 6.45) is 4.18. The molecule has 0 saturated carbocycles. The van der Waals surface area contributed by atoms with Crippen molar-refractivity contribution in [3.8, 4) is 11.5 Å². The van der Waals surface area contributed by atoms with Gasteiger partial charge >= 0.3 is 0 Å². The van der Waals surface area contributed by atoms with Crippen LogP contribution < -0.4 is 20.9 Å². The average molecular weight is 949 g/mol. The molecular formula is C54H64N10O2S2. The molecule has 0 aliphatic heterocycles. The van der Waals surface area contributed by atoms with Crippen LogP contribution in [0.3, 0.4) is 0 Å². The number of aliphatic imine (C=N–C) groups is 2. The number of benzene rings is 4. The third-order valence-corrected chi connectivity index (χ3v) is 14.2. The molecule has 8 aromatic rings. The molecule has 14 heteroatoms. The molecule has 4 aromatic heterocycles. The van der Waals surface area contributed by atoms with Gasteiger partial charge in [0, 0.05) is 50.3 Å². The zero-order valence-corrected chi connectivity index (χ0v) is 41.7. The second-order valence-corrected chi connectivity index (χ2v) is 19.2. The maximum atomic E-state index is 6.61. The lowest BCUT2D eigenvalue weighted by atomic mass is 10.1. The van der Waals surface area contributed by atoms with Crippen LogP contribution in [0.5, 0.6) is 11.5 Å². The van der Waals surface area contributed by atoms with Gasteiger partial charge < -0.3 is 39.9 Å². The summed E-state index contributed by atoms with van der Waals surface area (Å²) in [6.45, 7) is 13.3. The molecular weight excluding hydrogens is 885 g/mol. The zero-order chi connectivity index (χ0) is 47.4. The van der Waals surface area contributed by atoms with Gasteiger partial charge in [-0.2, -0.15) is 0 Å². The maximum Gasteiger partial charge on any atom is 0.141 e. The molecule has 0 aliphatic carbocycles. The minimum absolute atomic E-state index is 0.494. The van der Waals surface area contributed by atoms with Crippen LogP contribution in [-0.2, 0) is 45.2 Å². The molecule has 0 radical (unpaired) electrons. The molecule has 0 aliphatic rings. The Morgan fingerprint density at radius 2 is 1.18 bits per heavy atom. The number of aromatic nitrogens is 4. The number of nitrogens with zero attached hydrogens (tertiary/aromatic N) is 8. The Morgan fingerprint density at radius 3 is 1.71 bits per heavy atom. The van der Waals surface area contributed by atoms with Crippen molar-refractivity contribution in [3.63, 3.8) is 0 Å². The highest BCUT2D eigenvalue weighted by atomic mass is 32.1. The van der Waals surface area contributed by atoms with Crippen LogP contribution in [0.2, 0.25) is 0 Å². The molecule has 4 aromatic carbocycles. The number of thiophene rings is 2. The summed E-state index contributed by atoms with van der Waals surface area (Å²) in [7, 11) is 4.20. The number of nitrogens with two attached hydrogens (primary N) is 2. The monoisotopic (exact) mass is 948 g/mol. The molecule has 0 amide bonds. The van der Waals surface area contributed by atoms with Gasteiger partial charge in [0.05, 0.1) is 56.4 Å². The van der Waals surface area contributed by atoms with Crippen molar-refractivity contribution in [2.75, 3.05) is 53.5 Å². The van der Waals surface area contributed by atoms with Crippen molar-refractivity contribution in [2.24, 2.45) is 21.5 Å². The highest BCUT2D eigenvalue weighted by Gasteiger charge is 2.16. The zero-order valence-electron chi connectivity index (χ0n) is 40.0. The van der Waals surface area contributed by atoms with Crippen LogP contribution in [0, 0.1) is 0 Å². The van der Waals surface area contributed by atoms with Gasteiger partial charge in [0.15, 0.2) is 0 Å². The fourth-order valence-electron chi connectivity index (χ4n) is 8.35. The van der Waals surface area contributed by atoms with Gasteiger partial charge in [-0.1, -0.05) is 44.2 Å². The number of hydrogen-bond donors (Lipinski definition) is 2. The number of likely N-dealkylation sites (N-methyl/N-ethyl adjacent to an activating group) is 2. The van der Waals surface area contributed by atoms with Gasteiger partial charge in [-0.3, -0.25) is 0 Å². The Labute approximate surface area is 408 Å². The van der Waals surface area contributed by atoms with Crippen molar-refractivity contribution in [1.82, 2.24) is 28.9 Å². The summed E-state index contributed by atoms with van der Waals surface area (Å²) in [5, 5.41) is 2.01. The Bertz CT molecular complexity index is 2930. The average Bonchev–Trinajstić information content (AvgIpc) is 4.18. The first-order valence-electron chi connectivity index (χ1n) is 23.8. The van der Waals surface area contributed by atoms with Gasteiger partial charge in [-0.15, -0.1) is 22.7 Å². The summed E-state index contributed by atoms with van der Waals surface area (Å²) < 4.78 is 16.6. The number of rotatable bonds is 24. The summed E-state index contributed by atoms with van der Waals surface area (Å²) >= 11 is 3.24. The highest BCUT2D eigenvalue weighted by Crippen LogP contribution is 2.27. The minimum Gasteiger partial charge on any atom is -0.494 e. The predicted octanol–water partition coefficient (Wildman–Crippen LogP) is 10.1. The molecule has 354 valence electrons. The minimum atomic E-state index is 0.494. The maximum absolute atomic E-state index is 6.61. The van der Waals surface area contributed by atoms with E-state index in [-0.39, 0.29) is 0 Å². The Hall–Kier alpha value is -6.32. The Morgan fingerprint density at radius 1 is 0.618 bits per heavy atom. The lowest BCUT2D eigenvalue weighted by Crippen LogP contribution is -2.27. The smallest absolute Gasteiger partial charge is 0.141 e. The number of ether oxygens (including phenoxy) is 2. The Balaban J connectivity index is 0.864. The molecule has 8 rings (SSSR count). The van der Waals surface area contributed by atoms with Crippen LogP contribution in [0.15, 0.2) is 125 Å². The van der Waals surface area contributed by atoms with Crippen LogP contribution in [0.4, 0.5) is 11.4 Å². The van der Waals surface area contributed by atoms with E-state index in [1.165, 1.54) is 16.0 Å². The van der Waals surface area contributed by atoms with Gasteiger partial charge in [-0.05, 0) is 142 Å². The normalized spacial score (nSPS) is 12.3. The van der Waals surface area contributed by atoms with Crippen LogP contribution in [0.1, 0.15) is 58.2 Å². The first-order valence-corrected chi connectivity index (χ1v) is 25.5. The standard InChI is InChI=1S/C54H64N10O2S2/c1-6-62(7-2)31-33-64-48-25-17-40(57-53(55)49-10-9-35-67-49)36-46(48)60-52(64)28-16-39-13-21-43(22-14-39)66-34-29-44-23-26-50(68-44)54(56)58-41-18-24-47-45(37-41)59-51(63(47)32-30-61(4)5)27-15-38-11-19-42(20-12-38)65-8-3/h9-14,17-26,35-37H,6-8,15-16,27-34H2,1-5H3,(H2,55,57)(H2,56,58). The summed E-state index contributed by atoms with van der Waals surface area (Å²) in [6, 6.07) is 37.4. The van der Waals surface area contributed by atoms with E-state index < -0.39 is 0 Å². The van der Waals surface area contributed by atoms with Gasteiger partial charge in [0.2, 0.25) is 0 Å². The number of amidine groups is 2. The molecule has 0 unspecified atom stereocenters. The summed E-state index contributed by atoms with van der Waals surface area (Å²) in [5.74, 6) is 4.91. The Kier molecular flexibility index (Phi) is 16.4. The van der Waals surface area contributed by atoms with E-state index in [1.54, 1.807) is 22.7 Å². The molecule has 68 heavy (non-hydrogen) atoms. The van der Waals surface area contributed by atoms with Crippen molar-refractivity contribution >= 4 is 67.8 Å². The van der Waals surface area contributed by atoms with Crippen molar-refractivity contribution in [2.45, 2.75) is 66.0 Å². The molecule has 0 saturated heterocycles. The SMILES string of the molecule is CCOc1ccc(CCc2nc3cc(N=C(N)c4ccc(CCOc5ccc(CCc6nc7cc(N=C(N)c8cccs8)ccc7n6CCN(CC)CC)cc5)s4)ccc3n2CCN(C)C)cc1. The van der Waals surface area contributed by atoms with Gasteiger partial charge in [-0.25, -0.2) is 20.0 Å². The third kappa shape index (κ3) is 12.4. The van der Waals surface area contributed by atoms with Crippen LogP contribution in [-0.4, -0.2) is 94.1 Å². The molecule has 4 N–H and O–H groups in total. The molecule has 0 atom stereocenters. The number of imidazole rings is 2. The molecule has 0 fully saturated rings. The van der Waals surface area contributed by atoms with E-state index >= 15 is 0 Å². The second kappa shape index (κ2) is 23.1. The van der Waals surface area contributed by atoms with Crippen LogP contribution in [0.25, 0.3) is 22.1 Å². The molecule has 12 nitrogen and oxygen atoms in total. The topological polar surface area (TPSA) is 137 Å². The third-order valence-electron chi connectivity index (χ3n) is 12.2. The molecule has 0 spiro atoms. The van der Waals surface area contributed by atoms with E-state index in [2.05, 4.69) is 101 Å². The lowest BCUT2D eigenvalue weighted by molar-refractivity contribution is 0.290. The largest absolute Gasteiger partial charge is 0.494 e. The summed E-state index contributed by atoms with van der Waals surface area (Å²) in [5.41, 5.74) is 21.1. The van der Waals surface area contributed by atoms with Crippen molar-refractivity contribution in [3.05, 3.63) is 152 Å². The van der Waals surface area contributed by atoms with Crippen LogP contribution >= 0.6 is 22.7 Å². The van der Waals surface area contributed by atoms with E-state index in [1.807, 2.05) is 66.9 Å². The summed E-state index contributed by atoms with van der Waals surface area (Å²) in [4.78, 5) is 27.5. The molecule has 4 heterocycles.